The van der Waals surface area contributed by atoms with Crippen LogP contribution in [0.1, 0.15) is 31.7 Å². The Morgan fingerprint density at radius 3 is 2.69 bits per heavy atom. The van der Waals surface area contributed by atoms with E-state index < -0.39 is 0 Å². The van der Waals surface area contributed by atoms with Crippen molar-refractivity contribution in [3.8, 4) is 0 Å². The van der Waals surface area contributed by atoms with Gasteiger partial charge in [-0.3, -0.25) is 14.5 Å². The molecule has 2 saturated heterocycles. The van der Waals surface area contributed by atoms with Crippen molar-refractivity contribution < 1.29 is 9.59 Å². The molecule has 3 aromatic rings. The maximum absolute atomic E-state index is 13.4. The number of carbonyl (C=O) groups excluding carboxylic acids is 2. The third-order valence-corrected chi connectivity index (χ3v) is 7.82. The van der Waals surface area contributed by atoms with Gasteiger partial charge in [0.05, 0.1) is 5.69 Å². The van der Waals surface area contributed by atoms with Crippen molar-refractivity contribution in [2.75, 3.05) is 18.5 Å². The molecule has 2 amide bonds. The van der Waals surface area contributed by atoms with Gasteiger partial charge in [0.25, 0.3) is 5.91 Å². The molecule has 0 saturated carbocycles. The summed E-state index contributed by atoms with van der Waals surface area (Å²) in [5, 5.41) is 1.41. The largest absolute Gasteiger partial charge is 0.338 e. The van der Waals surface area contributed by atoms with E-state index in [2.05, 4.69) is 22.9 Å². The Morgan fingerprint density at radius 1 is 1.17 bits per heavy atom. The molecule has 0 aliphatic carbocycles. The Kier molecular flexibility index (Phi) is 6.51. The molecule has 1 atom stereocenters. The Labute approximate surface area is 218 Å². The molecule has 1 aromatic heterocycles. The summed E-state index contributed by atoms with van der Waals surface area (Å²) in [6.07, 6.45) is 7.11. The fourth-order valence-electron chi connectivity index (χ4n) is 4.96. The average molecular weight is 552 g/mol. The summed E-state index contributed by atoms with van der Waals surface area (Å²) in [5.74, 6) is -0.0421. The number of halogens is 1. The number of nitrogens with zero attached hydrogens (tertiary/aromatic N) is 4. The first-order valence-corrected chi connectivity index (χ1v) is 13.0. The van der Waals surface area contributed by atoms with Crippen LogP contribution in [-0.4, -0.2) is 50.9 Å². The van der Waals surface area contributed by atoms with Gasteiger partial charge in [0.1, 0.15) is 12.2 Å². The molecular weight excluding hydrogens is 524 g/mol. The molecule has 0 radical (unpaired) electrons. The number of amides is 2. The van der Waals surface area contributed by atoms with Crippen LogP contribution in [0.4, 0.5) is 5.69 Å². The first-order chi connectivity index (χ1) is 16.8. The molecule has 2 fully saturated rings. The highest BCUT2D eigenvalue weighted by atomic mass is 79.9. The number of para-hydroxylation sites is 1. The normalized spacial score (nSPS) is 19.9. The van der Waals surface area contributed by atoms with E-state index in [1.54, 1.807) is 9.80 Å². The minimum Gasteiger partial charge on any atom is -0.338 e. The van der Waals surface area contributed by atoms with Gasteiger partial charge in [-0.15, -0.1) is 0 Å². The summed E-state index contributed by atoms with van der Waals surface area (Å²) in [6, 6.07) is 15.7. The van der Waals surface area contributed by atoms with E-state index in [0.717, 1.165) is 46.0 Å². The van der Waals surface area contributed by atoms with Gasteiger partial charge < -0.3 is 14.4 Å². The lowest BCUT2D eigenvalue weighted by Gasteiger charge is -2.33. The van der Waals surface area contributed by atoms with Gasteiger partial charge in [-0.2, -0.15) is 0 Å². The van der Waals surface area contributed by atoms with Crippen LogP contribution < -0.4 is 4.90 Å². The lowest BCUT2D eigenvalue weighted by molar-refractivity contribution is -0.135. The van der Waals surface area contributed by atoms with Crippen molar-refractivity contribution in [3.05, 3.63) is 70.5 Å². The van der Waals surface area contributed by atoms with Gasteiger partial charge in [-0.05, 0) is 74.8 Å². The van der Waals surface area contributed by atoms with Gasteiger partial charge in [-0.1, -0.05) is 34.1 Å². The van der Waals surface area contributed by atoms with Crippen LogP contribution in [0.2, 0.25) is 0 Å². The van der Waals surface area contributed by atoms with Gasteiger partial charge in [0, 0.05) is 46.8 Å². The van der Waals surface area contributed by atoms with Crippen LogP contribution >= 0.6 is 28.1 Å². The van der Waals surface area contributed by atoms with Crippen LogP contribution in [0.15, 0.2) is 64.9 Å². The maximum atomic E-state index is 13.4. The summed E-state index contributed by atoms with van der Waals surface area (Å²) in [4.78, 5) is 31.9. The summed E-state index contributed by atoms with van der Waals surface area (Å²) in [6.45, 7) is 3.21. The Morgan fingerprint density at radius 2 is 1.94 bits per heavy atom. The fraction of sp³-hybridized carbons (Fsp3) is 0.296. The lowest BCUT2D eigenvalue weighted by Crippen LogP contribution is -2.43. The smallest absolute Gasteiger partial charge is 0.281 e. The van der Waals surface area contributed by atoms with Crippen molar-refractivity contribution in [3.63, 3.8) is 0 Å². The molecule has 3 heterocycles. The summed E-state index contributed by atoms with van der Waals surface area (Å²) < 4.78 is 2.93. The highest BCUT2D eigenvalue weighted by Gasteiger charge is 2.37. The number of fused-ring (bicyclic) bond motifs is 1. The summed E-state index contributed by atoms with van der Waals surface area (Å²) in [7, 11) is 1.81. The predicted octanol–water partition coefficient (Wildman–Crippen LogP) is 5.41. The molecule has 180 valence electrons. The Bertz CT molecular complexity index is 1350. The van der Waals surface area contributed by atoms with E-state index in [4.69, 9.17) is 12.2 Å². The van der Waals surface area contributed by atoms with Gasteiger partial charge in [0.2, 0.25) is 5.91 Å². The molecule has 0 bridgehead atoms. The Balaban J connectivity index is 1.52. The van der Waals surface area contributed by atoms with Gasteiger partial charge in [-0.25, -0.2) is 0 Å². The second-order valence-corrected chi connectivity index (χ2v) is 10.4. The zero-order valence-electron chi connectivity index (χ0n) is 19.8. The molecule has 6 nitrogen and oxygen atoms in total. The van der Waals surface area contributed by atoms with E-state index in [0.29, 0.717) is 10.8 Å². The number of thiocarbonyl (C=S) groups is 1. The van der Waals surface area contributed by atoms with Crippen molar-refractivity contribution in [1.82, 2.24) is 14.4 Å². The fourth-order valence-corrected chi connectivity index (χ4v) is 5.60. The summed E-state index contributed by atoms with van der Waals surface area (Å²) in [5.41, 5.74) is 3.06. The van der Waals surface area contributed by atoms with Crippen molar-refractivity contribution in [1.29, 1.82) is 0 Å². The van der Waals surface area contributed by atoms with Gasteiger partial charge in [0.15, 0.2) is 5.11 Å². The van der Waals surface area contributed by atoms with Crippen LogP contribution in [0, 0.1) is 0 Å². The minimum absolute atomic E-state index is 0.127. The Hall–Kier alpha value is -2.97. The molecule has 2 aromatic carbocycles. The monoisotopic (exact) mass is 550 g/mol. The number of carbonyl (C=O) groups is 2. The topological polar surface area (TPSA) is 48.8 Å². The first kappa shape index (κ1) is 23.8. The zero-order chi connectivity index (χ0) is 24.7. The number of likely N-dealkylation sites (tertiary alicyclic amines) is 1. The van der Waals surface area contributed by atoms with E-state index in [1.165, 1.54) is 6.42 Å². The average Bonchev–Trinajstić information content (AvgIpc) is 3.28. The van der Waals surface area contributed by atoms with Gasteiger partial charge >= 0.3 is 0 Å². The van der Waals surface area contributed by atoms with Crippen LogP contribution in [0.3, 0.4) is 0 Å². The number of anilines is 1. The van der Waals surface area contributed by atoms with Crippen molar-refractivity contribution in [2.24, 2.45) is 0 Å². The number of piperidine rings is 1. The van der Waals surface area contributed by atoms with E-state index >= 15 is 0 Å². The second-order valence-electron chi connectivity index (χ2n) is 9.15. The first-order valence-electron chi connectivity index (χ1n) is 11.8. The van der Waals surface area contributed by atoms with Crippen LogP contribution in [0.5, 0.6) is 0 Å². The van der Waals surface area contributed by atoms with Crippen molar-refractivity contribution in [2.45, 2.75) is 38.8 Å². The van der Waals surface area contributed by atoms with E-state index in [9.17, 15) is 9.59 Å². The number of aromatic nitrogens is 1. The van der Waals surface area contributed by atoms with E-state index in [-0.39, 0.29) is 24.4 Å². The number of benzene rings is 2. The van der Waals surface area contributed by atoms with Crippen LogP contribution in [0.25, 0.3) is 17.0 Å². The third-order valence-electron chi connectivity index (χ3n) is 6.87. The molecule has 5 rings (SSSR count). The molecule has 35 heavy (non-hydrogen) atoms. The highest BCUT2D eigenvalue weighted by Crippen LogP contribution is 2.32. The van der Waals surface area contributed by atoms with Crippen molar-refractivity contribution >= 4 is 67.7 Å². The van der Waals surface area contributed by atoms with Crippen LogP contribution in [-0.2, 0) is 16.1 Å². The molecule has 0 unspecified atom stereocenters. The number of hydrogen-bond acceptors (Lipinski definition) is 3. The number of rotatable bonds is 4. The minimum atomic E-state index is -0.169. The molecule has 0 spiro atoms. The summed E-state index contributed by atoms with van der Waals surface area (Å²) >= 11 is 9.18. The number of hydrogen-bond donors (Lipinski definition) is 0. The molecule has 2 aliphatic heterocycles. The quantitative estimate of drug-likeness (QED) is 0.322. The second kappa shape index (κ2) is 9.59. The predicted molar refractivity (Wildman–Crippen MR) is 147 cm³/mol. The molecule has 2 aliphatic rings. The lowest BCUT2D eigenvalue weighted by atomic mass is 10.0. The molecule has 0 N–H and O–H groups in total. The maximum Gasteiger partial charge on any atom is 0.281 e. The highest BCUT2D eigenvalue weighted by molar-refractivity contribution is 9.10. The van der Waals surface area contributed by atoms with E-state index in [1.807, 2.05) is 77.3 Å². The molecular formula is C27H27BrN4O2S. The third kappa shape index (κ3) is 4.41. The zero-order valence-corrected chi connectivity index (χ0v) is 22.2. The number of likely N-dealkylation sites (N-methyl/N-ethyl adjacent to an activating group) is 1. The molecule has 8 heteroatoms. The standard InChI is InChI=1S/C27H27BrN4O2S/c1-18-8-6-7-13-31(18)25(33)17-30-16-19(22-15-20(28)11-12-23(22)30)14-24-26(34)32(27(35)29(24)2)21-9-4-3-5-10-21/h3-5,9-12,14-16,18H,6-8,13,17H2,1-2H3/b24-14-/t18-/m0/s1. The SMILES string of the molecule is C[C@H]1CCCCN1C(=O)Cn1cc(/C=C2/C(=O)N(c3ccccc3)C(=S)N2C)c2cc(Br)ccc21.